The molecule has 1 N–H and O–H groups in total. The minimum absolute atomic E-state index is 0. The second kappa shape index (κ2) is 8.69. The Balaban J connectivity index is 0.00000243. The molecule has 2 unspecified atom stereocenters. The molecule has 0 aliphatic carbocycles. The predicted molar refractivity (Wildman–Crippen MR) is 104 cm³/mol. The summed E-state index contributed by atoms with van der Waals surface area (Å²) in [5.74, 6) is -0.183. The molecule has 1 aromatic rings. The summed E-state index contributed by atoms with van der Waals surface area (Å²) < 4.78 is 27.2. The molecule has 2 atom stereocenters. The van der Waals surface area contributed by atoms with Crippen molar-refractivity contribution in [3.63, 3.8) is 0 Å². The highest BCUT2D eigenvalue weighted by atomic mass is 35.5. The molecule has 0 spiro atoms. The molecule has 2 aliphatic heterocycles. The van der Waals surface area contributed by atoms with Crippen LogP contribution in [0.5, 0.6) is 0 Å². The van der Waals surface area contributed by atoms with Gasteiger partial charge in [0.15, 0.2) is 0 Å². The van der Waals surface area contributed by atoms with Crippen LogP contribution in [-0.2, 0) is 14.8 Å². The lowest BCUT2D eigenvalue weighted by molar-refractivity contribution is -0.137. The van der Waals surface area contributed by atoms with Crippen molar-refractivity contribution in [3.05, 3.63) is 29.8 Å². The molecule has 6 nitrogen and oxygen atoms in total. The van der Waals surface area contributed by atoms with Gasteiger partial charge in [-0.2, -0.15) is 4.31 Å². The molecule has 0 aromatic heterocycles. The third kappa shape index (κ3) is 4.39. The number of rotatable bonds is 4. The van der Waals surface area contributed by atoms with Gasteiger partial charge in [0.05, 0.1) is 10.8 Å². The maximum Gasteiger partial charge on any atom is 0.243 e. The number of sulfonamides is 1. The molecule has 1 aromatic carbocycles. The fraction of sp³-hybridized carbons (Fsp3) is 0.611. The lowest BCUT2D eigenvalue weighted by Crippen LogP contribution is -2.48. The highest BCUT2D eigenvalue weighted by Gasteiger charge is 2.36. The summed E-state index contributed by atoms with van der Waals surface area (Å²) in [5.41, 5.74) is 1.03. The maximum atomic E-state index is 12.9. The van der Waals surface area contributed by atoms with Gasteiger partial charge in [-0.15, -0.1) is 12.4 Å². The van der Waals surface area contributed by atoms with Crippen LogP contribution in [0.4, 0.5) is 0 Å². The molecule has 146 valence electrons. The molecule has 3 rings (SSSR count). The first kappa shape index (κ1) is 21.2. The van der Waals surface area contributed by atoms with Crippen molar-refractivity contribution in [3.8, 4) is 0 Å². The number of nitrogens with zero attached hydrogens (tertiary/aromatic N) is 2. The largest absolute Gasteiger partial charge is 0.341 e. The Bertz CT molecular complexity index is 718. The number of benzene rings is 1. The van der Waals surface area contributed by atoms with Gasteiger partial charge in [-0.05, 0) is 44.9 Å². The van der Waals surface area contributed by atoms with Crippen LogP contribution in [-0.4, -0.2) is 62.8 Å². The van der Waals surface area contributed by atoms with E-state index in [-0.39, 0.29) is 36.8 Å². The predicted octanol–water partition coefficient (Wildman–Crippen LogP) is 1.64. The van der Waals surface area contributed by atoms with E-state index in [0.717, 1.165) is 37.9 Å². The molecule has 0 saturated carbocycles. The van der Waals surface area contributed by atoms with Crippen molar-refractivity contribution >= 4 is 28.3 Å². The van der Waals surface area contributed by atoms with Gasteiger partial charge in [0.25, 0.3) is 0 Å². The highest BCUT2D eigenvalue weighted by molar-refractivity contribution is 7.89. The van der Waals surface area contributed by atoms with Crippen LogP contribution in [0.3, 0.4) is 0 Å². The first-order valence-corrected chi connectivity index (χ1v) is 10.4. The summed E-state index contributed by atoms with van der Waals surface area (Å²) in [6.07, 6.45) is 2.43. The van der Waals surface area contributed by atoms with Gasteiger partial charge in [0.1, 0.15) is 0 Å². The minimum atomic E-state index is -3.54. The topological polar surface area (TPSA) is 69.7 Å². The van der Waals surface area contributed by atoms with Crippen LogP contribution >= 0.6 is 12.4 Å². The minimum Gasteiger partial charge on any atom is -0.341 e. The number of amides is 1. The average molecular weight is 402 g/mol. The zero-order chi connectivity index (χ0) is 18.0. The summed E-state index contributed by atoms with van der Waals surface area (Å²) in [5, 5.41) is 3.27. The molecule has 26 heavy (non-hydrogen) atoms. The van der Waals surface area contributed by atoms with Crippen molar-refractivity contribution in [1.82, 2.24) is 14.5 Å². The van der Waals surface area contributed by atoms with Crippen molar-refractivity contribution in [2.45, 2.75) is 37.1 Å². The molecule has 2 saturated heterocycles. The van der Waals surface area contributed by atoms with E-state index >= 15 is 0 Å². The van der Waals surface area contributed by atoms with E-state index in [1.54, 1.807) is 24.3 Å². The number of likely N-dealkylation sites (N-methyl/N-ethyl adjacent to an activating group) is 1. The van der Waals surface area contributed by atoms with Gasteiger partial charge in [-0.1, -0.05) is 17.7 Å². The Morgan fingerprint density at radius 1 is 1.23 bits per heavy atom. The van der Waals surface area contributed by atoms with E-state index in [1.807, 2.05) is 18.9 Å². The van der Waals surface area contributed by atoms with Crippen LogP contribution in [0.15, 0.2) is 29.2 Å². The lowest BCUT2D eigenvalue weighted by Gasteiger charge is -2.34. The van der Waals surface area contributed by atoms with Crippen LogP contribution in [0.25, 0.3) is 0 Å². The third-order valence-electron chi connectivity index (χ3n) is 5.32. The number of hydrogen-bond donors (Lipinski definition) is 1. The molecular formula is C18H28ClN3O3S. The fourth-order valence-electron chi connectivity index (χ4n) is 3.66. The fourth-order valence-corrected chi connectivity index (χ4v) is 5.18. The van der Waals surface area contributed by atoms with Crippen molar-refractivity contribution in [1.29, 1.82) is 0 Å². The normalized spacial score (nSPS) is 24.1. The third-order valence-corrected chi connectivity index (χ3v) is 7.20. The summed E-state index contributed by atoms with van der Waals surface area (Å²) in [4.78, 5) is 14.9. The number of piperidine rings is 1. The Morgan fingerprint density at radius 2 is 1.92 bits per heavy atom. The van der Waals surface area contributed by atoms with Gasteiger partial charge in [0, 0.05) is 32.7 Å². The lowest BCUT2D eigenvalue weighted by atomic mass is 9.97. The number of carbonyl (C=O) groups excluding carboxylic acids is 1. The molecule has 8 heteroatoms. The Hall–Kier alpha value is -1.15. The first-order chi connectivity index (χ1) is 11.9. The zero-order valence-corrected chi connectivity index (χ0v) is 17.0. The van der Waals surface area contributed by atoms with E-state index in [1.165, 1.54) is 4.31 Å². The molecular weight excluding hydrogens is 374 g/mol. The molecule has 2 aliphatic rings. The maximum absolute atomic E-state index is 12.9. The van der Waals surface area contributed by atoms with E-state index in [2.05, 4.69) is 5.32 Å². The van der Waals surface area contributed by atoms with Crippen molar-refractivity contribution in [2.75, 3.05) is 33.2 Å². The van der Waals surface area contributed by atoms with Gasteiger partial charge in [0.2, 0.25) is 15.9 Å². The zero-order valence-electron chi connectivity index (χ0n) is 15.3. The van der Waals surface area contributed by atoms with E-state index < -0.39 is 10.0 Å². The second-order valence-electron chi connectivity index (χ2n) is 7.11. The SMILES string of the molecule is Cc1ccc(S(=O)(=O)N2CCCC(C(=O)N(C)C3CCNC3)C2)cc1.Cl. The molecule has 1 amide bonds. The number of aryl methyl sites for hydroxylation is 1. The highest BCUT2D eigenvalue weighted by Crippen LogP contribution is 2.26. The van der Waals surface area contributed by atoms with Crippen LogP contribution in [0.1, 0.15) is 24.8 Å². The number of halogens is 1. The number of carbonyl (C=O) groups is 1. The monoisotopic (exact) mass is 401 g/mol. The molecule has 0 bridgehead atoms. The Labute approximate surface area is 162 Å². The number of nitrogens with one attached hydrogen (secondary N) is 1. The van der Waals surface area contributed by atoms with Crippen molar-refractivity contribution < 1.29 is 13.2 Å². The van der Waals surface area contributed by atoms with Gasteiger partial charge < -0.3 is 10.2 Å². The van der Waals surface area contributed by atoms with E-state index in [4.69, 9.17) is 0 Å². The van der Waals surface area contributed by atoms with Gasteiger partial charge in [-0.3, -0.25) is 4.79 Å². The van der Waals surface area contributed by atoms with Crippen LogP contribution in [0.2, 0.25) is 0 Å². The van der Waals surface area contributed by atoms with Gasteiger partial charge >= 0.3 is 0 Å². The first-order valence-electron chi connectivity index (χ1n) is 8.94. The smallest absolute Gasteiger partial charge is 0.243 e. The Morgan fingerprint density at radius 3 is 2.54 bits per heavy atom. The van der Waals surface area contributed by atoms with E-state index in [0.29, 0.717) is 11.4 Å². The molecule has 2 heterocycles. The quantitative estimate of drug-likeness (QED) is 0.832. The van der Waals surface area contributed by atoms with Gasteiger partial charge in [-0.25, -0.2) is 8.42 Å². The van der Waals surface area contributed by atoms with Crippen molar-refractivity contribution in [2.24, 2.45) is 5.92 Å². The number of hydrogen-bond acceptors (Lipinski definition) is 4. The summed E-state index contributed by atoms with van der Waals surface area (Å²) >= 11 is 0. The Kier molecular flexibility index (Phi) is 7.07. The molecule has 2 fully saturated rings. The van der Waals surface area contributed by atoms with Crippen LogP contribution < -0.4 is 5.32 Å². The average Bonchev–Trinajstić information content (AvgIpc) is 3.15. The summed E-state index contributed by atoms with van der Waals surface area (Å²) in [6, 6.07) is 7.12. The standard InChI is InChI=1S/C18H27N3O3S.ClH/c1-14-5-7-17(8-6-14)25(23,24)21-11-3-4-15(13-21)18(22)20(2)16-9-10-19-12-16;/h5-8,15-16,19H,3-4,9-13H2,1-2H3;1H. The van der Waals surface area contributed by atoms with E-state index in [9.17, 15) is 13.2 Å². The summed E-state index contributed by atoms with van der Waals surface area (Å²) in [7, 11) is -1.70. The van der Waals surface area contributed by atoms with Crippen LogP contribution in [0, 0.1) is 12.8 Å². The summed E-state index contributed by atoms with van der Waals surface area (Å²) in [6.45, 7) is 4.44. The molecule has 0 radical (unpaired) electrons. The second-order valence-corrected chi connectivity index (χ2v) is 9.05.